The number of nitrogens with two attached hydrogens (primary N) is 1. The normalized spacial score (nSPS) is 12.5. The van der Waals surface area contributed by atoms with Crippen LogP contribution in [0.1, 0.15) is 42.6 Å². The van der Waals surface area contributed by atoms with Crippen molar-refractivity contribution in [2.45, 2.75) is 39.2 Å². The highest BCUT2D eigenvalue weighted by molar-refractivity contribution is 6.05. The lowest BCUT2D eigenvalue weighted by Gasteiger charge is -2.23. The van der Waals surface area contributed by atoms with Crippen molar-refractivity contribution < 1.29 is 9.59 Å². The predicted octanol–water partition coefficient (Wildman–Crippen LogP) is 3.52. The quantitative estimate of drug-likeness (QED) is 0.718. The number of hydrogen-bond acceptors (Lipinski definition) is 4. The summed E-state index contributed by atoms with van der Waals surface area (Å²) >= 11 is 0. The van der Waals surface area contributed by atoms with Gasteiger partial charge in [-0.1, -0.05) is 19.4 Å². The number of halogens is 1. The predicted molar refractivity (Wildman–Crippen MR) is 107 cm³/mol. The molecule has 0 aliphatic rings. The Morgan fingerprint density at radius 2 is 1.81 bits per heavy atom. The van der Waals surface area contributed by atoms with Crippen molar-refractivity contribution in [1.82, 2.24) is 4.98 Å². The van der Waals surface area contributed by atoms with Gasteiger partial charge in [0.1, 0.15) is 0 Å². The molecule has 1 unspecified atom stereocenters. The molecule has 0 saturated carbocycles. The molecule has 0 saturated heterocycles. The molecular weight excluding hydrogens is 352 g/mol. The number of carbonyl (C=O) groups excluding carboxylic acids is 2. The van der Waals surface area contributed by atoms with Crippen LogP contribution in [0.2, 0.25) is 0 Å². The van der Waals surface area contributed by atoms with E-state index in [1.165, 1.54) is 0 Å². The molecule has 1 heterocycles. The van der Waals surface area contributed by atoms with Gasteiger partial charge in [-0.3, -0.25) is 14.6 Å². The molecule has 0 spiro atoms. The maximum Gasteiger partial charge on any atom is 0.255 e. The van der Waals surface area contributed by atoms with Crippen molar-refractivity contribution in [1.29, 1.82) is 0 Å². The summed E-state index contributed by atoms with van der Waals surface area (Å²) in [5.41, 5.74) is 7.76. The summed E-state index contributed by atoms with van der Waals surface area (Å²) in [6.07, 6.45) is 4.54. The topological polar surface area (TPSA) is 97.1 Å². The number of carbonyl (C=O) groups is 2. The van der Waals surface area contributed by atoms with Crippen LogP contribution in [-0.2, 0) is 4.79 Å². The Balaban J connectivity index is 0.00000338. The largest absolute Gasteiger partial charge is 0.324 e. The highest BCUT2D eigenvalue weighted by Crippen LogP contribution is 2.22. The molecule has 0 radical (unpaired) electrons. The Bertz CT molecular complexity index is 763. The molecule has 6 nitrogen and oxygen atoms in total. The number of nitrogens with one attached hydrogen (secondary N) is 2. The maximum atomic E-state index is 12.3. The molecule has 2 aromatic rings. The van der Waals surface area contributed by atoms with Crippen molar-refractivity contribution in [3.63, 3.8) is 0 Å². The minimum Gasteiger partial charge on any atom is -0.324 e. The summed E-state index contributed by atoms with van der Waals surface area (Å²) in [4.78, 5) is 28.5. The van der Waals surface area contributed by atoms with Gasteiger partial charge in [-0.25, -0.2) is 0 Å². The zero-order valence-electron chi connectivity index (χ0n) is 15.2. The number of hydrogen-bond donors (Lipinski definition) is 3. The molecule has 26 heavy (non-hydrogen) atoms. The Labute approximate surface area is 160 Å². The van der Waals surface area contributed by atoms with E-state index in [1.54, 1.807) is 43.6 Å². The summed E-state index contributed by atoms with van der Waals surface area (Å²) in [5, 5.41) is 5.68. The second-order valence-corrected chi connectivity index (χ2v) is 6.34. The number of benzene rings is 1. The van der Waals surface area contributed by atoms with Crippen molar-refractivity contribution in [3.8, 4) is 0 Å². The van der Waals surface area contributed by atoms with Crippen LogP contribution in [0.4, 0.5) is 11.4 Å². The van der Waals surface area contributed by atoms with Gasteiger partial charge in [-0.2, -0.15) is 0 Å². The average Bonchev–Trinajstić information content (AvgIpc) is 2.58. The first-order valence-electron chi connectivity index (χ1n) is 8.26. The molecule has 0 aliphatic carbocycles. The first-order chi connectivity index (χ1) is 11.8. The van der Waals surface area contributed by atoms with Gasteiger partial charge in [-0.15, -0.1) is 12.4 Å². The summed E-state index contributed by atoms with van der Waals surface area (Å²) in [6.45, 7) is 5.58. The summed E-state index contributed by atoms with van der Waals surface area (Å²) < 4.78 is 0. The fourth-order valence-corrected chi connectivity index (χ4v) is 2.44. The van der Waals surface area contributed by atoms with Gasteiger partial charge >= 0.3 is 0 Å². The van der Waals surface area contributed by atoms with Crippen LogP contribution in [0, 0.1) is 6.92 Å². The van der Waals surface area contributed by atoms with Crippen LogP contribution in [0.3, 0.4) is 0 Å². The third-order valence-electron chi connectivity index (χ3n) is 3.97. The second kappa shape index (κ2) is 9.31. The van der Waals surface area contributed by atoms with Gasteiger partial charge in [0.2, 0.25) is 5.91 Å². The third kappa shape index (κ3) is 5.54. The van der Waals surface area contributed by atoms with Crippen molar-refractivity contribution in [3.05, 3.63) is 53.9 Å². The van der Waals surface area contributed by atoms with Gasteiger partial charge in [0.05, 0.1) is 5.54 Å². The van der Waals surface area contributed by atoms with E-state index < -0.39 is 5.54 Å². The number of aryl methyl sites for hydroxylation is 1. The number of amides is 2. The number of anilines is 2. The highest BCUT2D eigenvalue weighted by atomic mass is 35.5. The zero-order chi connectivity index (χ0) is 18.4. The van der Waals surface area contributed by atoms with E-state index in [0.717, 1.165) is 12.0 Å². The number of rotatable bonds is 6. The third-order valence-corrected chi connectivity index (χ3v) is 3.97. The Morgan fingerprint density at radius 3 is 2.42 bits per heavy atom. The van der Waals surface area contributed by atoms with E-state index in [0.29, 0.717) is 23.4 Å². The zero-order valence-corrected chi connectivity index (χ0v) is 16.0. The average molecular weight is 377 g/mol. The van der Waals surface area contributed by atoms with Crippen molar-refractivity contribution in [2.24, 2.45) is 5.73 Å². The number of nitrogens with zero attached hydrogens (tertiary/aromatic N) is 1. The van der Waals surface area contributed by atoms with Crippen LogP contribution in [0.15, 0.2) is 42.7 Å². The van der Waals surface area contributed by atoms with E-state index in [2.05, 4.69) is 15.6 Å². The molecule has 0 fully saturated rings. The maximum absolute atomic E-state index is 12.3. The van der Waals surface area contributed by atoms with Crippen LogP contribution in [-0.4, -0.2) is 22.3 Å². The van der Waals surface area contributed by atoms with E-state index >= 15 is 0 Å². The van der Waals surface area contributed by atoms with Gasteiger partial charge < -0.3 is 16.4 Å². The van der Waals surface area contributed by atoms with Gasteiger partial charge in [0.25, 0.3) is 5.91 Å². The van der Waals surface area contributed by atoms with Crippen LogP contribution in [0.5, 0.6) is 0 Å². The first-order valence-corrected chi connectivity index (χ1v) is 8.26. The molecule has 7 heteroatoms. The molecule has 4 N–H and O–H groups in total. The summed E-state index contributed by atoms with van der Waals surface area (Å²) in [7, 11) is 0. The van der Waals surface area contributed by atoms with E-state index in [9.17, 15) is 9.59 Å². The lowest BCUT2D eigenvalue weighted by atomic mass is 9.96. The summed E-state index contributed by atoms with van der Waals surface area (Å²) in [5.74, 6) is -0.478. The monoisotopic (exact) mass is 376 g/mol. The van der Waals surface area contributed by atoms with E-state index in [1.807, 2.05) is 19.9 Å². The number of pyridine rings is 1. The fourth-order valence-electron chi connectivity index (χ4n) is 2.44. The Kier molecular flexibility index (Phi) is 7.74. The number of aromatic nitrogens is 1. The fraction of sp³-hybridized carbons (Fsp3) is 0.316. The smallest absolute Gasteiger partial charge is 0.255 e. The molecule has 1 aromatic heterocycles. The molecule has 0 bridgehead atoms. The van der Waals surface area contributed by atoms with Crippen molar-refractivity contribution in [2.75, 3.05) is 10.6 Å². The first kappa shape index (κ1) is 21.6. The van der Waals surface area contributed by atoms with Gasteiger partial charge in [-0.05, 0) is 50.1 Å². The summed E-state index contributed by atoms with van der Waals surface area (Å²) in [6, 6.07) is 8.64. The SMILES string of the molecule is CCCC(C)(N)C(=O)Nc1ccc(C)c(NC(=O)c2ccncc2)c1.Cl. The van der Waals surface area contributed by atoms with Crippen LogP contribution >= 0.6 is 12.4 Å². The lowest BCUT2D eigenvalue weighted by Crippen LogP contribution is -2.48. The molecular formula is C19H25ClN4O2. The van der Waals surface area contributed by atoms with Gasteiger partial charge in [0.15, 0.2) is 0 Å². The van der Waals surface area contributed by atoms with Gasteiger partial charge in [0, 0.05) is 29.3 Å². The molecule has 140 valence electrons. The lowest BCUT2D eigenvalue weighted by molar-refractivity contribution is -0.120. The van der Waals surface area contributed by atoms with E-state index in [-0.39, 0.29) is 24.2 Å². The minimum absolute atomic E-state index is 0. The highest BCUT2D eigenvalue weighted by Gasteiger charge is 2.27. The van der Waals surface area contributed by atoms with Crippen LogP contribution in [0.25, 0.3) is 0 Å². The van der Waals surface area contributed by atoms with Crippen LogP contribution < -0.4 is 16.4 Å². The molecule has 2 amide bonds. The molecule has 1 aromatic carbocycles. The molecule has 1 atom stereocenters. The Morgan fingerprint density at radius 1 is 1.15 bits per heavy atom. The standard InChI is InChI=1S/C19H24N4O2.ClH/c1-4-9-19(3,20)18(25)22-15-6-5-13(2)16(12-15)23-17(24)14-7-10-21-11-8-14;/h5-8,10-12H,4,9,20H2,1-3H3,(H,22,25)(H,23,24);1H. The second-order valence-electron chi connectivity index (χ2n) is 6.34. The van der Waals surface area contributed by atoms with Crippen molar-refractivity contribution >= 4 is 35.6 Å². The molecule has 2 rings (SSSR count). The minimum atomic E-state index is -0.930. The Hall–Kier alpha value is -2.44. The molecule has 0 aliphatic heterocycles. The van der Waals surface area contributed by atoms with E-state index in [4.69, 9.17) is 5.73 Å².